The van der Waals surface area contributed by atoms with Crippen LogP contribution in [0, 0.1) is 0 Å². The third-order valence-corrected chi connectivity index (χ3v) is 4.26. The maximum atomic E-state index is 11.9. The second kappa shape index (κ2) is 8.47. The Balaban J connectivity index is 1.84. The highest BCUT2D eigenvalue weighted by molar-refractivity contribution is 7.14. The van der Waals surface area contributed by atoms with Gasteiger partial charge in [0.05, 0.1) is 5.69 Å². The van der Waals surface area contributed by atoms with Crippen LogP contribution < -0.4 is 11.1 Å². The Morgan fingerprint density at radius 2 is 2.09 bits per heavy atom. The molecule has 2 rings (SSSR count). The van der Waals surface area contributed by atoms with E-state index < -0.39 is 5.91 Å². The maximum absolute atomic E-state index is 11.9. The molecule has 2 aromatic heterocycles. The molecule has 2 amide bonds. The van der Waals surface area contributed by atoms with Crippen LogP contribution in [0.5, 0.6) is 0 Å². The lowest BCUT2D eigenvalue weighted by Gasteiger charge is -2.01. The van der Waals surface area contributed by atoms with Crippen molar-refractivity contribution in [3.63, 3.8) is 0 Å². The van der Waals surface area contributed by atoms with E-state index in [0.717, 1.165) is 18.4 Å². The number of anilines is 1. The Hall–Kier alpha value is -2.15. The Bertz CT molecular complexity index is 663. The number of aromatic nitrogens is 2. The fraction of sp³-hybridized carbons (Fsp3) is 0.438. The first kappa shape index (κ1) is 17.2. The Kier molecular flexibility index (Phi) is 6.34. The molecule has 23 heavy (non-hydrogen) atoms. The number of carbonyl (C=O) groups excluding carboxylic acids is 2. The van der Waals surface area contributed by atoms with Crippen molar-refractivity contribution in [3.05, 3.63) is 23.3 Å². The van der Waals surface area contributed by atoms with Gasteiger partial charge in [-0.1, -0.05) is 32.6 Å². The van der Waals surface area contributed by atoms with Gasteiger partial charge in [-0.05, 0) is 12.5 Å². The van der Waals surface area contributed by atoms with E-state index in [1.165, 1.54) is 30.6 Å². The summed E-state index contributed by atoms with van der Waals surface area (Å²) in [7, 11) is 0. The number of nitrogens with two attached hydrogens (primary N) is 1. The monoisotopic (exact) mass is 334 g/mol. The fourth-order valence-corrected chi connectivity index (χ4v) is 2.95. The Morgan fingerprint density at radius 1 is 1.30 bits per heavy atom. The molecule has 0 radical (unpaired) electrons. The molecule has 7 heteroatoms. The molecule has 4 N–H and O–H groups in total. The van der Waals surface area contributed by atoms with Gasteiger partial charge >= 0.3 is 0 Å². The van der Waals surface area contributed by atoms with E-state index in [0.29, 0.717) is 22.9 Å². The Morgan fingerprint density at radius 3 is 2.78 bits per heavy atom. The highest BCUT2D eigenvalue weighted by Crippen LogP contribution is 2.25. The predicted molar refractivity (Wildman–Crippen MR) is 92.4 cm³/mol. The summed E-state index contributed by atoms with van der Waals surface area (Å²) in [6, 6.07) is 1.65. The van der Waals surface area contributed by atoms with Crippen LogP contribution in [0.3, 0.4) is 0 Å². The third-order valence-electron chi connectivity index (χ3n) is 3.50. The van der Waals surface area contributed by atoms with Gasteiger partial charge in [0.15, 0.2) is 5.13 Å². The van der Waals surface area contributed by atoms with Gasteiger partial charge in [0.1, 0.15) is 5.69 Å². The minimum Gasteiger partial charge on any atom is -0.364 e. The normalized spacial score (nSPS) is 10.7. The van der Waals surface area contributed by atoms with Gasteiger partial charge in [-0.15, -0.1) is 11.3 Å². The number of amides is 2. The van der Waals surface area contributed by atoms with Gasteiger partial charge in [0.2, 0.25) is 5.91 Å². The summed E-state index contributed by atoms with van der Waals surface area (Å²) in [5.74, 6) is -0.516. The van der Waals surface area contributed by atoms with E-state index in [-0.39, 0.29) is 5.91 Å². The van der Waals surface area contributed by atoms with Crippen LogP contribution in [0.15, 0.2) is 17.6 Å². The van der Waals surface area contributed by atoms with Crippen molar-refractivity contribution in [2.24, 2.45) is 5.73 Å². The lowest BCUT2D eigenvalue weighted by atomic mass is 10.1. The Labute approximate surface area is 139 Å². The predicted octanol–water partition coefficient (Wildman–Crippen LogP) is 3.54. The lowest BCUT2D eigenvalue weighted by Crippen LogP contribution is -2.10. The molecule has 2 aromatic rings. The van der Waals surface area contributed by atoms with Crippen molar-refractivity contribution in [2.45, 2.75) is 45.4 Å². The second-order valence-electron chi connectivity index (χ2n) is 5.42. The molecule has 2 heterocycles. The van der Waals surface area contributed by atoms with Gasteiger partial charge in [0.25, 0.3) is 5.91 Å². The molecule has 6 nitrogen and oxygen atoms in total. The van der Waals surface area contributed by atoms with Crippen LogP contribution in [0.4, 0.5) is 5.13 Å². The minimum atomic E-state index is -0.511. The summed E-state index contributed by atoms with van der Waals surface area (Å²) >= 11 is 1.36. The number of H-pyrrole nitrogens is 1. The van der Waals surface area contributed by atoms with Gasteiger partial charge in [-0.3, -0.25) is 9.59 Å². The average Bonchev–Trinajstić information content (AvgIpc) is 3.15. The molecule has 0 aromatic carbocycles. The van der Waals surface area contributed by atoms with Crippen molar-refractivity contribution in [3.8, 4) is 11.3 Å². The standard InChI is InChI=1S/C16H22N4O2S/c1-2-3-4-5-6-7-14(21)20-16-19-13(10-23-16)11-8-12(15(17)22)18-9-11/h8-10,18H,2-7H2,1H3,(H2,17,22)(H,19,20,21). The van der Waals surface area contributed by atoms with Crippen LogP contribution in [0.1, 0.15) is 55.9 Å². The average molecular weight is 334 g/mol. The zero-order chi connectivity index (χ0) is 16.7. The van der Waals surface area contributed by atoms with Gasteiger partial charge < -0.3 is 16.0 Å². The molecule has 0 aliphatic rings. The number of rotatable bonds is 9. The zero-order valence-corrected chi connectivity index (χ0v) is 14.0. The van der Waals surface area contributed by atoms with Crippen molar-refractivity contribution in [2.75, 3.05) is 5.32 Å². The topological polar surface area (TPSA) is 101 Å². The number of aromatic amines is 1. The van der Waals surface area contributed by atoms with Crippen molar-refractivity contribution in [1.82, 2.24) is 9.97 Å². The van der Waals surface area contributed by atoms with Crippen LogP contribution >= 0.6 is 11.3 Å². The van der Waals surface area contributed by atoms with E-state index in [2.05, 4.69) is 22.2 Å². The minimum absolute atomic E-state index is 0.00529. The lowest BCUT2D eigenvalue weighted by molar-refractivity contribution is -0.116. The van der Waals surface area contributed by atoms with Crippen molar-refractivity contribution >= 4 is 28.3 Å². The molecule has 0 bridgehead atoms. The summed E-state index contributed by atoms with van der Waals surface area (Å²) in [4.78, 5) is 30.1. The second-order valence-corrected chi connectivity index (χ2v) is 6.27. The SMILES string of the molecule is CCCCCCCC(=O)Nc1nc(-c2c[nH]c(C(N)=O)c2)cs1. The molecule has 0 aliphatic carbocycles. The molecule has 0 atom stereocenters. The quantitative estimate of drug-likeness (QED) is 0.611. The number of thiazole rings is 1. The van der Waals surface area contributed by atoms with E-state index >= 15 is 0 Å². The summed E-state index contributed by atoms with van der Waals surface area (Å²) in [5, 5.41) is 5.23. The van der Waals surface area contributed by atoms with Gasteiger partial charge in [-0.25, -0.2) is 4.98 Å². The molecular formula is C16H22N4O2S. The van der Waals surface area contributed by atoms with E-state index in [1.807, 2.05) is 5.38 Å². The largest absolute Gasteiger partial charge is 0.364 e. The van der Waals surface area contributed by atoms with Crippen molar-refractivity contribution in [1.29, 1.82) is 0 Å². The number of nitrogens with one attached hydrogen (secondary N) is 2. The molecule has 0 fully saturated rings. The third kappa shape index (κ3) is 5.21. The van der Waals surface area contributed by atoms with Crippen LogP contribution in [0.2, 0.25) is 0 Å². The molecule has 0 aliphatic heterocycles. The molecule has 0 saturated carbocycles. The molecule has 0 saturated heterocycles. The first-order valence-electron chi connectivity index (χ1n) is 7.84. The number of primary amides is 1. The number of nitrogens with zero attached hydrogens (tertiary/aromatic N) is 1. The number of hydrogen-bond donors (Lipinski definition) is 3. The summed E-state index contributed by atoms with van der Waals surface area (Å²) < 4.78 is 0. The van der Waals surface area contributed by atoms with Crippen LogP contribution in [-0.2, 0) is 4.79 Å². The first-order chi connectivity index (χ1) is 11.1. The van der Waals surface area contributed by atoms with Crippen LogP contribution in [-0.4, -0.2) is 21.8 Å². The number of unbranched alkanes of at least 4 members (excludes halogenated alkanes) is 4. The molecular weight excluding hydrogens is 312 g/mol. The highest BCUT2D eigenvalue weighted by atomic mass is 32.1. The smallest absolute Gasteiger partial charge is 0.265 e. The van der Waals surface area contributed by atoms with E-state index in [1.54, 1.807) is 12.3 Å². The number of carbonyl (C=O) groups is 2. The van der Waals surface area contributed by atoms with Crippen LogP contribution in [0.25, 0.3) is 11.3 Å². The summed E-state index contributed by atoms with van der Waals surface area (Å²) in [6.45, 7) is 2.17. The van der Waals surface area contributed by atoms with Gasteiger partial charge in [0, 0.05) is 23.6 Å². The molecule has 124 valence electrons. The highest BCUT2D eigenvalue weighted by Gasteiger charge is 2.11. The number of hydrogen-bond acceptors (Lipinski definition) is 4. The maximum Gasteiger partial charge on any atom is 0.265 e. The molecule has 0 spiro atoms. The van der Waals surface area contributed by atoms with E-state index in [9.17, 15) is 9.59 Å². The fourth-order valence-electron chi connectivity index (χ4n) is 2.22. The molecule has 0 unspecified atom stereocenters. The van der Waals surface area contributed by atoms with Gasteiger partial charge in [-0.2, -0.15) is 0 Å². The van der Waals surface area contributed by atoms with Crippen molar-refractivity contribution < 1.29 is 9.59 Å². The summed E-state index contributed by atoms with van der Waals surface area (Å²) in [5.41, 5.74) is 7.03. The zero-order valence-electron chi connectivity index (χ0n) is 13.2. The first-order valence-corrected chi connectivity index (χ1v) is 8.72. The summed E-state index contributed by atoms with van der Waals surface area (Å²) in [6.07, 6.45) is 7.80. The van der Waals surface area contributed by atoms with E-state index in [4.69, 9.17) is 5.73 Å².